The molecule has 2 nitrogen and oxygen atoms in total. The molecule has 0 saturated heterocycles. The zero-order chi connectivity index (χ0) is 15.0. The molecule has 3 rings (SSSR count). The second kappa shape index (κ2) is 5.41. The molecule has 0 spiro atoms. The molecule has 0 aliphatic heterocycles. The number of H-pyrrole nitrogens is 1. The lowest BCUT2D eigenvalue weighted by molar-refractivity contribution is 0.585. The van der Waals surface area contributed by atoms with Crippen LogP contribution in [0.2, 0.25) is 0 Å². The van der Waals surface area contributed by atoms with Gasteiger partial charge in [0.2, 0.25) is 0 Å². The van der Waals surface area contributed by atoms with Gasteiger partial charge in [0.1, 0.15) is 11.3 Å². The van der Waals surface area contributed by atoms with E-state index >= 15 is 0 Å². The Bertz CT molecular complexity index is 837. The lowest BCUT2D eigenvalue weighted by atomic mass is 10.0. The molecule has 21 heavy (non-hydrogen) atoms. The number of halogens is 2. The summed E-state index contributed by atoms with van der Waals surface area (Å²) in [5.74, 6) is -1.04. The monoisotopic (exact) mass is 304 g/mol. The fraction of sp³-hybridized carbons (Fsp3) is 0.188. The quantitative estimate of drug-likeness (QED) is 0.691. The van der Waals surface area contributed by atoms with E-state index in [1.54, 1.807) is 4.57 Å². The molecule has 1 aromatic heterocycles. The molecule has 0 aliphatic carbocycles. The molecule has 3 aromatic rings. The molecule has 0 amide bonds. The van der Waals surface area contributed by atoms with E-state index in [-0.39, 0.29) is 11.4 Å². The minimum Gasteiger partial charge on any atom is -0.328 e. The first kappa shape index (κ1) is 13.9. The van der Waals surface area contributed by atoms with Crippen LogP contribution in [0.4, 0.5) is 8.78 Å². The van der Waals surface area contributed by atoms with Crippen molar-refractivity contribution in [3.63, 3.8) is 0 Å². The smallest absolute Gasteiger partial charge is 0.178 e. The molecular weight excluding hydrogens is 290 g/mol. The highest BCUT2D eigenvalue weighted by Gasteiger charge is 2.14. The predicted octanol–water partition coefficient (Wildman–Crippen LogP) is 4.78. The second-order valence-corrected chi connectivity index (χ2v) is 5.52. The van der Waals surface area contributed by atoms with Crippen molar-refractivity contribution in [2.75, 3.05) is 0 Å². The van der Waals surface area contributed by atoms with E-state index in [0.29, 0.717) is 16.8 Å². The number of benzene rings is 2. The van der Waals surface area contributed by atoms with Gasteiger partial charge in [0.15, 0.2) is 10.6 Å². The molecule has 1 N–H and O–H groups in total. The van der Waals surface area contributed by atoms with Gasteiger partial charge in [-0.2, -0.15) is 0 Å². The third-order valence-corrected chi connectivity index (χ3v) is 3.95. The zero-order valence-corrected chi connectivity index (χ0v) is 12.3. The number of aromatic amines is 1. The van der Waals surface area contributed by atoms with Gasteiger partial charge in [-0.15, -0.1) is 0 Å². The predicted molar refractivity (Wildman–Crippen MR) is 81.9 cm³/mol. The topological polar surface area (TPSA) is 20.7 Å². The summed E-state index contributed by atoms with van der Waals surface area (Å²) < 4.78 is 29.4. The van der Waals surface area contributed by atoms with E-state index < -0.39 is 11.6 Å². The van der Waals surface area contributed by atoms with Gasteiger partial charge in [-0.05, 0) is 29.8 Å². The van der Waals surface area contributed by atoms with E-state index in [4.69, 9.17) is 12.2 Å². The van der Waals surface area contributed by atoms with Crippen molar-refractivity contribution in [3.8, 4) is 0 Å². The maximum absolute atomic E-state index is 13.8. The standard InChI is InChI=1S/C16H14F2N2S/c1-10(11-5-3-2-4-6-11)9-20-14-8-12(17)7-13(18)15(14)19-16(20)21/h2-8,10H,9H2,1H3,(H,19,21). The SMILES string of the molecule is CC(Cn1c(=S)[nH]c2c(F)cc(F)cc21)c1ccccc1. The van der Waals surface area contributed by atoms with Crippen LogP contribution in [0, 0.1) is 16.4 Å². The first-order valence-corrected chi connectivity index (χ1v) is 7.09. The Morgan fingerprint density at radius 2 is 1.90 bits per heavy atom. The van der Waals surface area contributed by atoms with Crippen molar-refractivity contribution in [2.45, 2.75) is 19.4 Å². The second-order valence-electron chi connectivity index (χ2n) is 5.13. The number of imidazole rings is 1. The number of nitrogens with one attached hydrogen (secondary N) is 1. The highest BCUT2D eigenvalue weighted by molar-refractivity contribution is 7.71. The summed E-state index contributed by atoms with van der Waals surface area (Å²) in [6.45, 7) is 2.62. The van der Waals surface area contributed by atoms with Crippen LogP contribution in [-0.2, 0) is 6.54 Å². The van der Waals surface area contributed by atoms with Crippen LogP contribution in [0.3, 0.4) is 0 Å². The van der Waals surface area contributed by atoms with Gasteiger partial charge in [0, 0.05) is 12.6 Å². The maximum Gasteiger partial charge on any atom is 0.178 e. The lowest BCUT2D eigenvalue weighted by Crippen LogP contribution is -2.06. The van der Waals surface area contributed by atoms with Gasteiger partial charge in [-0.3, -0.25) is 0 Å². The molecule has 0 radical (unpaired) electrons. The zero-order valence-electron chi connectivity index (χ0n) is 11.4. The minimum atomic E-state index is -0.623. The van der Waals surface area contributed by atoms with Crippen LogP contribution in [0.5, 0.6) is 0 Å². The molecule has 1 heterocycles. The molecule has 5 heteroatoms. The first-order chi connectivity index (χ1) is 10.1. The third kappa shape index (κ3) is 2.61. The normalized spacial score (nSPS) is 12.7. The van der Waals surface area contributed by atoms with Crippen LogP contribution in [0.1, 0.15) is 18.4 Å². The van der Waals surface area contributed by atoms with Crippen molar-refractivity contribution in [1.29, 1.82) is 0 Å². The van der Waals surface area contributed by atoms with Crippen molar-refractivity contribution >= 4 is 23.3 Å². The molecule has 108 valence electrons. The van der Waals surface area contributed by atoms with Gasteiger partial charge in [-0.25, -0.2) is 8.78 Å². The Labute approximate surface area is 126 Å². The van der Waals surface area contributed by atoms with Crippen LogP contribution >= 0.6 is 12.2 Å². The van der Waals surface area contributed by atoms with Crippen molar-refractivity contribution in [3.05, 3.63) is 64.4 Å². The molecule has 0 bridgehead atoms. The largest absolute Gasteiger partial charge is 0.328 e. The Kier molecular flexibility index (Phi) is 3.59. The molecule has 1 atom stereocenters. The average Bonchev–Trinajstić information content (AvgIpc) is 2.77. The van der Waals surface area contributed by atoms with Crippen LogP contribution in [0.25, 0.3) is 11.0 Å². The van der Waals surface area contributed by atoms with Gasteiger partial charge < -0.3 is 9.55 Å². The van der Waals surface area contributed by atoms with Gasteiger partial charge in [0.05, 0.1) is 5.52 Å². The Balaban J connectivity index is 2.05. The molecule has 1 unspecified atom stereocenters. The number of hydrogen-bond acceptors (Lipinski definition) is 1. The van der Waals surface area contributed by atoms with Gasteiger partial charge in [0.25, 0.3) is 0 Å². The fourth-order valence-electron chi connectivity index (χ4n) is 2.52. The maximum atomic E-state index is 13.8. The molecule has 0 saturated carbocycles. The van der Waals surface area contributed by atoms with Crippen molar-refractivity contribution < 1.29 is 8.78 Å². The van der Waals surface area contributed by atoms with E-state index in [1.165, 1.54) is 6.07 Å². The summed E-state index contributed by atoms with van der Waals surface area (Å²) in [6, 6.07) is 12.1. The molecular formula is C16H14F2N2S. The van der Waals surface area contributed by atoms with Gasteiger partial charge in [-0.1, -0.05) is 37.3 Å². The summed E-state index contributed by atoms with van der Waals surface area (Å²) >= 11 is 5.24. The van der Waals surface area contributed by atoms with Crippen LogP contribution in [0.15, 0.2) is 42.5 Å². The first-order valence-electron chi connectivity index (χ1n) is 6.69. The van der Waals surface area contributed by atoms with Crippen LogP contribution < -0.4 is 0 Å². The highest BCUT2D eigenvalue weighted by Crippen LogP contribution is 2.23. The third-order valence-electron chi connectivity index (χ3n) is 3.63. The highest BCUT2D eigenvalue weighted by atomic mass is 32.1. The fourth-order valence-corrected chi connectivity index (χ4v) is 2.80. The molecule has 0 fully saturated rings. The summed E-state index contributed by atoms with van der Waals surface area (Å²) in [6.07, 6.45) is 0. The number of nitrogens with zero attached hydrogens (tertiary/aromatic N) is 1. The average molecular weight is 304 g/mol. The number of fused-ring (bicyclic) bond motifs is 1. The summed E-state index contributed by atoms with van der Waals surface area (Å²) in [5.41, 5.74) is 1.87. The van der Waals surface area contributed by atoms with E-state index in [0.717, 1.165) is 11.6 Å². The number of rotatable bonds is 3. The Morgan fingerprint density at radius 1 is 1.19 bits per heavy atom. The lowest BCUT2D eigenvalue weighted by Gasteiger charge is -2.13. The van der Waals surface area contributed by atoms with Crippen LogP contribution in [-0.4, -0.2) is 9.55 Å². The number of hydrogen-bond donors (Lipinski definition) is 1. The van der Waals surface area contributed by atoms with E-state index in [9.17, 15) is 8.78 Å². The molecule has 2 aromatic carbocycles. The van der Waals surface area contributed by atoms with E-state index in [1.807, 2.05) is 30.3 Å². The summed E-state index contributed by atoms with van der Waals surface area (Å²) in [5, 5.41) is 0. The minimum absolute atomic E-state index is 0.184. The van der Waals surface area contributed by atoms with Crippen molar-refractivity contribution in [2.24, 2.45) is 0 Å². The summed E-state index contributed by atoms with van der Waals surface area (Å²) in [4.78, 5) is 2.82. The van der Waals surface area contributed by atoms with E-state index in [2.05, 4.69) is 11.9 Å². The summed E-state index contributed by atoms with van der Waals surface area (Å²) in [7, 11) is 0. The van der Waals surface area contributed by atoms with Crippen molar-refractivity contribution in [1.82, 2.24) is 9.55 Å². The van der Waals surface area contributed by atoms with Gasteiger partial charge >= 0.3 is 0 Å². The Morgan fingerprint density at radius 3 is 2.62 bits per heavy atom. The Hall–Kier alpha value is -2.01. The molecule has 0 aliphatic rings. The number of aromatic nitrogens is 2.